The summed E-state index contributed by atoms with van der Waals surface area (Å²) in [7, 11) is 0. The van der Waals surface area contributed by atoms with Gasteiger partial charge in [0.1, 0.15) is 11.9 Å². The number of phenolic OH excluding ortho intramolecular Hbond substituents is 1. The van der Waals surface area contributed by atoms with Crippen molar-refractivity contribution in [1.29, 1.82) is 0 Å². The van der Waals surface area contributed by atoms with Crippen LogP contribution in [0.15, 0.2) is 29.8 Å². The summed E-state index contributed by atoms with van der Waals surface area (Å²) in [5, 5.41) is 57.7. The predicted molar refractivity (Wildman–Crippen MR) is 182 cm³/mol. The number of epoxide rings is 1. The number of rotatable bonds is 10. The van der Waals surface area contributed by atoms with Gasteiger partial charge >= 0.3 is 0 Å². The van der Waals surface area contributed by atoms with Gasteiger partial charge in [-0.3, -0.25) is 4.79 Å². The standard InChI is InChI=1S/C40H60O7/c1-22(2)8-9-25-16-26(18-27(41)17-25)10-13-39-14-11-28-29(19-31(42)30-20-32(43)33(44)21-37(28,30)6)40(39,46)15-12-34(39)38(7,45)36-35(47-36)24(5)23(3)4/h16-19,22-24,28,30,32-36,41,43-46H,8-15,20-21H2,1-7H3/t24-,28+,30+,32-,33+,34-,35+,36-,37-,38-,39-,40-/m1/s1. The summed E-state index contributed by atoms with van der Waals surface area (Å²) in [5.74, 6) is 0.708. The fraction of sp³-hybridized carbons (Fsp3) is 0.775. The molecule has 1 heterocycles. The molecule has 12 atom stereocenters. The van der Waals surface area contributed by atoms with Crippen LogP contribution in [-0.4, -0.2) is 66.9 Å². The largest absolute Gasteiger partial charge is 0.508 e. The summed E-state index contributed by atoms with van der Waals surface area (Å²) < 4.78 is 6.26. The Hall–Kier alpha value is -1.77. The molecule has 0 radical (unpaired) electrons. The van der Waals surface area contributed by atoms with Gasteiger partial charge in [-0.05, 0) is 141 Å². The van der Waals surface area contributed by atoms with E-state index in [1.165, 1.54) is 0 Å². The second-order valence-corrected chi connectivity index (χ2v) is 17.6. The number of hydrogen-bond donors (Lipinski definition) is 5. The highest BCUT2D eigenvalue weighted by molar-refractivity contribution is 5.95. The smallest absolute Gasteiger partial charge is 0.159 e. The molecule has 5 N–H and O–H groups in total. The molecule has 7 nitrogen and oxygen atoms in total. The average molecular weight is 653 g/mol. The summed E-state index contributed by atoms with van der Waals surface area (Å²) in [6.07, 6.45) is 5.73. The van der Waals surface area contributed by atoms with Crippen LogP contribution in [0.1, 0.15) is 111 Å². The van der Waals surface area contributed by atoms with Crippen LogP contribution in [0, 0.1) is 46.3 Å². The molecule has 3 saturated carbocycles. The highest BCUT2D eigenvalue weighted by atomic mass is 16.6. The monoisotopic (exact) mass is 652 g/mol. The van der Waals surface area contributed by atoms with Crippen LogP contribution in [0.4, 0.5) is 0 Å². The van der Waals surface area contributed by atoms with E-state index in [9.17, 15) is 30.3 Å². The number of aromatic hydroxyl groups is 1. The zero-order valence-corrected chi connectivity index (χ0v) is 29.7. The van der Waals surface area contributed by atoms with Crippen LogP contribution in [0.2, 0.25) is 0 Å². The molecule has 5 aliphatic rings. The van der Waals surface area contributed by atoms with Crippen LogP contribution in [0.25, 0.3) is 0 Å². The number of ketones is 1. The third-order valence-electron chi connectivity index (χ3n) is 14.1. The Morgan fingerprint density at radius 1 is 0.979 bits per heavy atom. The van der Waals surface area contributed by atoms with E-state index in [2.05, 4.69) is 47.6 Å². The Kier molecular flexibility index (Phi) is 9.12. The molecule has 4 fully saturated rings. The molecule has 1 aliphatic heterocycles. The third-order valence-corrected chi connectivity index (χ3v) is 14.1. The minimum atomic E-state index is -1.30. The Bertz CT molecular complexity index is 1380. The first-order valence-electron chi connectivity index (χ1n) is 18.5. The average Bonchev–Trinajstić information content (AvgIpc) is 3.73. The Morgan fingerprint density at radius 2 is 1.66 bits per heavy atom. The molecule has 0 bridgehead atoms. The number of ether oxygens (including phenoxy) is 1. The first kappa shape index (κ1) is 35.1. The summed E-state index contributed by atoms with van der Waals surface area (Å²) in [6, 6.07) is 5.86. The van der Waals surface area contributed by atoms with Crippen LogP contribution in [0.3, 0.4) is 0 Å². The third kappa shape index (κ3) is 5.74. The lowest BCUT2D eigenvalue weighted by atomic mass is 9.44. The van der Waals surface area contributed by atoms with Gasteiger partial charge in [-0.15, -0.1) is 0 Å². The highest BCUT2D eigenvalue weighted by Crippen LogP contribution is 2.70. The van der Waals surface area contributed by atoms with E-state index in [1.807, 2.05) is 19.1 Å². The Balaban J connectivity index is 1.38. The van der Waals surface area contributed by atoms with Crippen molar-refractivity contribution < 1.29 is 35.1 Å². The van der Waals surface area contributed by atoms with Gasteiger partial charge < -0.3 is 30.3 Å². The van der Waals surface area contributed by atoms with E-state index in [0.29, 0.717) is 56.3 Å². The van der Waals surface area contributed by atoms with Crippen LogP contribution in [0.5, 0.6) is 5.75 Å². The van der Waals surface area contributed by atoms with E-state index in [4.69, 9.17) is 4.74 Å². The lowest BCUT2D eigenvalue weighted by Gasteiger charge is -2.61. The van der Waals surface area contributed by atoms with E-state index in [1.54, 1.807) is 6.08 Å². The fourth-order valence-electron chi connectivity index (χ4n) is 11.0. The first-order valence-corrected chi connectivity index (χ1v) is 18.5. The number of benzene rings is 1. The fourth-order valence-corrected chi connectivity index (χ4v) is 11.0. The van der Waals surface area contributed by atoms with Crippen LogP contribution < -0.4 is 0 Å². The molecule has 0 spiro atoms. The highest BCUT2D eigenvalue weighted by Gasteiger charge is 2.72. The van der Waals surface area contributed by atoms with Crippen molar-refractivity contribution in [2.45, 2.75) is 148 Å². The quantitative estimate of drug-likeness (QED) is 0.199. The molecule has 0 aromatic heterocycles. The minimum absolute atomic E-state index is 0.0352. The second kappa shape index (κ2) is 12.2. The number of allylic oxidation sites excluding steroid dienone is 1. The normalized spacial score (nSPS) is 41.6. The summed E-state index contributed by atoms with van der Waals surface area (Å²) in [6.45, 7) is 14.9. The Morgan fingerprint density at radius 3 is 2.32 bits per heavy atom. The molecule has 6 rings (SSSR count). The van der Waals surface area contributed by atoms with Gasteiger partial charge in [0.2, 0.25) is 0 Å². The maximum absolute atomic E-state index is 13.8. The van der Waals surface area contributed by atoms with Crippen LogP contribution >= 0.6 is 0 Å². The number of phenols is 1. The minimum Gasteiger partial charge on any atom is -0.508 e. The van der Waals surface area contributed by atoms with Gasteiger partial charge in [0.25, 0.3) is 0 Å². The Labute approximate surface area is 281 Å². The number of fused-ring (bicyclic) bond motifs is 5. The van der Waals surface area contributed by atoms with Gasteiger partial charge in [0.05, 0.1) is 29.5 Å². The van der Waals surface area contributed by atoms with Gasteiger partial charge in [0, 0.05) is 11.3 Å². The SMILES string of the molecule is CC(C)CCc1cc(O)cc(CC[C@]23CC[C@H]4C(=CC(=O)[C@@H]5C[C@@H](O)[C@@H](O)C[C@@]54C)[C@]2(O)CC[C@@H]3[C@@](C)(O)[C@@H]2O[C@H]2[C@H](C)C(C)C)c1. The predicted octanol–water partition coefficient (Wildman–Crippen LogP) is 5.91. The molecule has 1 aromatic rings. The number of carbonyl (C=O) groups is 1. The number of aryl methyl sites for hydroxylation is 2. The molecule has 1 saturated heterocycles. The van der Waals surface area contributed by atoms with Crippen LogP contribution in [-0.2, 0) is 22.4 Å². The summed E-state index contributed by atoms with van der Waals surface area (Å²) >= 11 is 0. The number of aliphatic hydroxyl groups excluding tert-OH is 2. The van der Waals surface area contributed by atoms with Crippen molar-refractivity contribution >= 4 is 5.78 Å². The number of aliphatic hydroxyl groups is 4. The van der Waals surface area contributed by atoms with Gasteiger partial charge in [-0.1, -0.05) is 47.6 Å². The second-order valence-electron chi connectivity index (χ2n) is 17.6. The molecular formula is C40H60O7. The van der Waals surface area contributed by atoms with Crippen molar-refractivity contribution in [3.8, 4) is 5.75 Å². The lowest BCUT2D eigenvalue weighted by molar-refractivity contribution is -0.168. The maximum atomic E-state index is 13.8. The molecule has 7 heteroatoms. The van der Waals surface area contributed by atoms with Gasteiger partial charge in [-0.25, -0.2) is 0 Å². The maximum Gasteiger partial charge on any atom is 0.159 e. The van der Waals surface area contributed by atoms with Gasteiger partial charge in [0.15, 0.2) is 5.78 Å². The van der Waals surface area contributed by atoms with E-state index in [0.717, 1.165) is 36.0 Å². The number of carbonyl (C=O) groups excluding carboxylic acids is 1. The molecule has 262 valence electrons. The van der Waals surface area contributed by atoms with Gasteiger partial charge in [-0.2, -0.15) is 0 Å². The van der Waals surface area contributed by atoms with Crippen molar-refractivity contribution in [2.24, 2.45) is 46.3 Å². The topological polar surface area (TPSA) is 131 Å². The molecule has 4 aliphatic carbocycles. The zero-order valence-electron chi connectivity index (χ0n) is 29.7. The van der Waals surface area contributed by atoms with Crippen molar-refractivity contribution in [3.05, 3.63) is 41.0 Å². The zero-order chi connectivity index (χ0) is 34.3. The van der Waals surface area contributed by atoms with Crippen molar-refractivity contribution in [2.75, 3.05) is 0 Å². The molecule has 0 amide bonds. The van der Waals surface area contributed by atoms with E-state index < -0.39 is 34.2 Å². The lowest BCUT2D eigenvalue weighted by Crippen LogP contribution is -2.63. The summed E-state index contributed by atoms with van der Waals surface area (Å²) in [5.41, 5.74) is -0.857. The van der Waals surface area contributed by atoms with E-state index in [-0.39, 0.29) is 47.9 Å². The first-order chi connectivity index (χ1) is 21.9. The molecule has 1 aromatic carbocycles. The van der Waals surface area contributed by atoms with E-state index >= 15 is 0 Å². The molecular weight excluding hydrogens is 592 g/mol. The molecule has 47 heavy (non-hydrogen) atoms. The van der Waals surface area contributed by atoms with Crippen molar-refractivity contribution in [1.82, 2.24) is 0 Å². The summed E-state index contributed by atoms with van der Waals surface area (Å²) in [4.78, 5) is 13.8. The molecule has 0 unspecified atom stereocenters. The van der Waals surface area contributed by atoms with Crippen molar-refractivity contribution in [3.63, 3.8) is 0 Å². The number of hydrogen-bond acceptors (Lipinski definition) is 7.